The predicted octanol–water partition coefficient (Wildman–Crippen LogP) is 2.99. The van der Waals surface area contributed by atoms with Gasteiger partial charge in [0.1, 0.15) is 0 Å². The fraction of sp³-hybridized carbons (Fsp3) is 0.318. The van der Waals surface area contributed by atoms with E-state index >= 15 is 0 Å². The SMILES string of the molecule is CCCNC(=O)c1ccc(CS(=O)(=O)c2nnc(Oc3cc(CCO)ccc3OC)s2)cc1. The number of nitrogens with one attached hydrogen (secondary N) is 1. The number of nitrogens with zero attached hydrogens (tertiary/aromatic N) is 2. The summed E-state index contributed by atoms with van der Waals surface area (Å²) in [6.45, 7) is 2.52. The number of methoxy groups -OCH3 is 1. The number of sulfone groups is 1. The highest BCUT2D eigenvalue weighted by molar-refractivity contribution is 7.92. The molecule has 0 bridgehead atoms. The number of carbonyl (C=O) groups excluding carboxylic acids is 1. The van der Waals surface area contributed by atoms with E-state index < -0.39 is 9.84 Å². The third kappa shape index (κ3) is 6.50. The molecule has 0 fully saturated rings. The van der Waals surface area contributed by atoms with Gasteiger partial charge in [-0.25, -0.2) is 8.42 Å². The lowest BCUT2D eigenvalue weighted by Gasteiger charge is -2.09. The van der Waals surface area contributed by atoms with E-state index in [2.05, 4.69) is 15.5 Å². The first-order valence-corrected chi connectivity index (χ1v) is 12.7. The van der Waals surface area contributed by atoms with Crippen LogP contribution in [0.4, 0.5) is 0 Å². The van der Waals surface area contributed by atoms with Crippen LogP contribution in [0.3, 0.4) is 0 Å². The van der Waals surface area contributed by atoms with Crippen molar-refractivity contribution >= 4 is 27.1 Å². The van der Waals surface area contributed by atoms with E-state index in [1.54, 1.807) is 42.5 Å². The second-order valence-electron chi connectivity index (χ2n) is 7.11. The number of hydrogen-bond acceptors (Lipinski definition) is 9. The van der Waals surface area contributed by atoms with E-state index in [4.69, 9.17) is 14.6 Å². The smallest absolute Gasteiger partial charge is 0.300 e. The molecule has 0 aliphatic rings. The van der Waals surface area contributed by atoms with Gasteiger partial charge in [-0.05, 0) is 59.6 Å². The van der Waals surface area contributed by atoms with Crippen LogP contribution in [0.2, 0.25) is 0 Å². The number of aliphatic hydroxyl groups is 1. The molecule has 0 saturated carbocycles. The topological polar surface area (TPSA) is 128 Å². The van der Waals surface area contributed by atoms with E-state index in [0.29, 0.717) is 35.6 Å². The lowest BCUT2D eigenvalue weighted by molar-refractivity contribution is 0.0953. The van der Waals surface area contributed by atoms with Crippen LogP contribution in [0, 0.1) is 0 Å². The van der Waals surface area contributed by atoms with Gasteiger partial charge < -0.3 is 19.9 Å². The number of benzene rings is 2. The molecule has 1 amide bonds. The summed E-state index contributed by atoms with van der Waals surface area (Å²) in [6, 6.07) is 11.6. The minimum atomic E-state index is -3.76. The fourth-order valence-electron chi connectivity index (χ4n) is 2.92. The number of aromatic nitrogens is 2. The van der Waals surface area contributed by atoms with Crippen LogP contribution in [0.5, 0.6) is 16.7 Å². The Labute approximate surface area is 196 Å². The zero-order valence-electron chi connectivity index (χ0n) is 18.3. The third-order valence-corrected chi connectivity index (χ3v) is 7.52. The molecule has 3 aromatic rings. The first-order valence-electron chi connectivity index (χ1n) is 10.2. The van der Waals surface area contributed by atoms with Gasteiger partial charge in [-0.3, -0.25) is 4.79 Å². The minimum Gasteiger partial charge on any atom is -0.493 e. The van der Waals surface area contributed by atoms with E-state index in [1.165, 1.54) is 7.11 Å². The Morgan fingerprint density at radius 2 is 1.82 bits per heavy atom. The number of carbonyl (C=O) groups is 1. The number of aliphatic hydroxyl groups excluding tert-OH is 1. The highest BCUT2D eigenvalue weighted by Gasteiger charge is 2.22. The first-order chi connectivity index (χ1) is 15.9. The number of amides is 1. The molecule has 2 aromatic carbocycles. The number of rotatable bonds is 11. The van der Waals surface area contributed by atoms with Gasteiger partial charge in [-0.1, -0.05) is 30.2 Å². The molecule has 2 N–H and O–H groups in total. The van der Waals surface area contributed by atoms with E-state index in [9.17, 15) is 13.2 Å². The van der Waals surface area contributed by atoms with Crippen molar-refractivity contribution in [2.75, 3.05) is 20.3 Å². The second-order valence-corrected chi connectivity index (χ2v) is 10.2. The van der Waals surface area contributed by atoms with Crippen LogP contribution < -0.4 is 14.8 Å². The molecule has 176 valence electrons. The molecular formula is C22H25N3O6S2. The molecule has 0 unspecified atom stereocenters. The maximum atomic E-state index is 12.8. The molecule has 1 aromatic heterocycles. The van der Waals surface area contributed by atoms with Crippen LogP contribution in [-0.4, -0.2) is 49.9 Å². The largest absolute Gasteiger partial charge is 0.493 e. The molecule has 0 aliphatic heterocycles. The Balaban J connectivity index is 1.72. The summed E-state index contributed by atoms with van der Waals surface area (Å²) in [5, 5.41) is 19.6. The van der Waals surface area contributed by atoms with Crippen LogP contribution in [-0.2, 0) is 22.0 Å². The summed E-state index contributed by atoms with van der Waals surface area (Å²) in [7, 11) is -2.28. The zero-order valence-corrected chi connectivity index (χ0v) is 19.9. The van der Waals surface area contributed by atoms with Crippen molar-refractivity contribution in [2.45, 2.75) is 29.9 Å². The molecule has 0 aliphatic carbocycles. The average Bonchev–Trinajstić information content (AvgIpc) is 3.28. The number of ether oxygens (including phenoxy) is 2. The summed E-state index contributed by atoms with van der Waals surface area (Å²) in [6.07, 6.45) is 1.27. The highest BCUT2D eigenvalue weighted by atomic mass is 32.2. The third-order valence-electron chi connectivity index (χ3n) is 4.59. The van der Waals surface area contributed by atoms with E-state index in [-0.39, 0.29) is 27.8 Å². The van der Waals surface area contributed by atoms with Crippen molar-refractivity contribution in [1.29, 1.82) is 0 Å². The van der Waals surface area contributed by atoms with Crippen LogP contribution >= 0.6 is 11.3 Å². The van der Waals surface area contributed by atoms with Crippen molar-refractivity contribution in [3.05, 3.63) is 59.2 Å². The normalized spacial score (nSPS) is 11.2. The van der Waals surface area contributed by atoms with E-state index in [0.717, 1.165) is 23.3 Å². The van der Waals surface area contributed by atoms with Gasteiger partial charge in [0.05, 0.1) is 12.9 Å². The van der Waals surface area contributed by atoms with Gasteiger partial charge in [0.2, 0.25) is 14.2 Å². The fourth-order valence-corrected chi connectivity index (χ4v) is 5.18. The Hall–Kier alpha value is -3.02. The monoisotopic (exact) mass is 491 g/mol. The van der Waals surface area contributed by atoms with Gasteiger partial charge in [-0.2, -0.15) is 0 Å². The summed E-state index contributed by atoms with van der Waals surface area (Å²) < 4.78 is 36.4. The molecule has 11 heteroatoms. The second kappa shape index (κ2) is 11.2. The molecule has 33 heavy (non-hydrogen) atoms. The summed E-state index contributed by atoms with van der Waals surface area (Å²) in [4.78, 5) is 12.0. The molecular weight excluding hydrogens is 466 g/mol. The molecule has 3 rings (SSSR count). The predicted molar refractivity (Wildman–Crippen MR) is 124 cm³/mol. The summed E-state index contributed by atoms with van der Waals surface area (Å²) in [5.74, 6) is 0.309. The van der Waals surface area contributed by atoms with Crippen LogP contribution in [0.1, 0.15) is 34.8 Å². The average molecular weight is 492 g/mol. The molecule has 0 radical (unpaired) electrons. The van der Waals surface area contributed by atoms with Crippen LogP contribution in [0.25, 0.3) is 0 Å². The summed E-state index contributed by atoms with van der Waals surface area (Å²) >= 11 is 0.808. The van der Waals surface area contributed by atoms with Crippen molar-refractivity contribution < 1.29 is 27.8 Å². The van der Waals surface area contributed by atoms with Gasteiger partial charge in [0.25, 0.3) is 5.91 Å². The Morgan fingerprint density at radius 3 is 2.48 bits per heavy atom. The molecule has 0 atom stereocenters. The lowest BCUT2D eigenvalue weighted by Crippen LogP contribution is -2.23. The number of hydrogen-bond donors (Lipinski definition) is 2. The Kier molecular flexibility index (Phi) is 8.37. The quantitative estimate of drug-likeness (QED) is 0.419. The van der Waals surface area contributed by atoms with E-state index in [1.807, 2.05) is 6.92 Å². The molecule has 9 nitrogen and oxygen atoms in total. The Bertz CT molecular complexity index is 1190. The lowest BCUT2D eigenvalue weighted by atomic mass is 10.1. The van der Waals surface area contributed by atoms with Crippen molar-refractivity contribution in [3.63, 3.8) is 0 Å². The van der Waals surface area contributed by atoms with Gasteiger partial charge in [0, 0.05) is 18.7 Å². The van der Waals surface area contributed by atoms with Crippen molar-refractivity contribution in [3.8, 4) is 16.7 Å². The molecule has 0 spiro atoms. The van der Waals surface area contributed by atoms with Crippen LogP contribution in [0.15, 0.2) is 46.8 Å². The Morgan fingerprint density at radius 1 is 1.09 bits per heavy atom. The highest BCUT2D eigenvalue weighted by Crippen LogP contribution is 2.35. The first kappa shape index (κ1) is 24.6. The molecule has 0 saturated heterocycles. The van der Waals surface area contributed by atoms with Crippen molar-refractivity contribution in [2.24, 2.45) is 0 Å². The summed E-state index contributed by atoms with van der Waals surface area (Å²) in [5.41, 5.74) is 1.82. The maximum Gasteiger partial charge on any atom is 0.300 e. The molecule has 1 heterocycles. The van der Waals surface area contributed by atoms with Gasteiger partial charge in [0.15, 0.2) is 11.5 Å². The minimum absolute atomic E-state index is 0.0165. The standard InChI is InChI=1S/C22H25N3O6S2/c1-3-11-23-20(27)17-7-4-16(5-8-17)14-33(28,29)22-25-24-21(32-22)31-19-13-15(10-12-26)6-9-18(19)30-2/h4-9,13,26H,3,10-12,14H2,1-2H3,(H,23,27). The van der Waals surface area contributed by atoms with Gasteiger partial charge in [-0.15, -0.1) is 5.10 Å². The maximum absolute atomic E-state index is 12.8. The zero-order chi connectivity index (χ0) is 23.8. The van der Waals surface area contributed by atoms with Gasteiger partial charge >= 0.3 is 5.19 Å². The van der Waals surface area contributed by atoms with Crippen molar-refractivity contribution in [1.82, 2.24) is 15.5 Å².